The number of aryl methyl sites for hydroxylation is 1. The Labute approximate surface area is 123 Å². The summed E-state index contributed by atoms with van der Waals surface area (Å²) in [5.41, 5.74) is 1.78. The van der Waals surface area contributed by atoms with Crippen LogP contribution in [0.5, 0.6) is 0 Å². The van der Waals surface area contributed by atoms with Gasteiger partial charge in [-0.15, -0.1) is 11.3 Å². The Kier molecular flexibility index (Phi) is 4.46. The standard InChI is InChI=1S/C12H15BrN2O3S/c1-7-6-19-11(9(7)13)10(14-18)8-2-4-15(5-3-8)12(16)17/h6,8,18H,2-5H2,1H3,(H,16,17)/b14-10+. The van der Waals surface area contributed by atoms with Gasteiger partial charge in [0.1, 0.15) is 5.71 Å². The number of thiophene rings is 1. The summed E-state index contributed by atoms with van der Waals surface area (Å²) >= 11 is 5.05. The lowest BCUT2D eigenvalue weighted by atomic mass is 9.91. The molecule has 1 saturated heterocycles. The van der Waals surface area contributed by atoms with Gasteiger partial charge in [-0.2, -0.15) is 0 Å². The fourth-order valence-electron chi connectivity index (χ4n) is 2.26. The van der Waals surface area contributed by atoms with E-state index in [0.717, 1.165) is 14.9 Å². The van der Waals surface area contributed by atoms with Crippen molar-refractivity contribution in [2.75, 3.05) is 13.1 Å². The second kappa shape index (κ2) is 5.92. The number of likely N-dealkylation sites (tertiary alicyclic amines) is 1. The third-order valence-electron chi connectivity index (χ3n) is 3.39. The number of carbonyl (C=O) groups is 1. The van der Waals surface area contributed by atoms with Gasteiger partial charge < -0.3 is 15.2 Å². The van der Waals surface area contributed by atoms with Gasteiger partial charge in [-0.3, -0.25) is 0 Å². The fraction of sp³-hybridized carbons (Fsp3) is 0.500. The summed E-state index contributed by atoms with van der Waals surface area (Å²) in [5, 5.41) is 23.7. The number of rotatable bonds is 2. The second-order valence-electron chi connectivity index (χ2n) is 4.59. The Hall–Kier alpha value is -1.08. The van der Waals surface area contributed by atoms with Gasteiger partial charge in [0.05, 0.1) is 4.88 Å². The molecule has 104 valence electrons. The molecule has 0 atom stereocenters. The van der Waals surface area contributed by atoms with E-state index in [9.17, 15) is 10.0 Å². The monoisotopic (exact) mass is 346 g/mol. The van der Waals surface area contributed by atoms with E-state index in [1.165, 1.54) is 4.90 Å². The molecule has 0 saturated carbocycles. The molecule has 0 spiro atoms. The average molecular weight is 347 g/mol. The number of halogens is 1. The van der Waals surface area contributed by atoms with E-state index < -0.39 is 6.09 Å². The number of piperidine rings is 1. The summed E-state index contributed by atoms with van der Waals surface area (Å²) in [6.45, 7) is 2.97. The average Bonchev–Trinajstić information content (AvgIpc) is 2.73. The number of hydrogen-bond acceptors (Lipinski definition) is 4. The van der Waals surface area contributed by atoms with Crippen molar-refractivity contribution in [3.63, 3.8) is 0 Å². The summed E-state index contributed by atoms with van der Waals surface area (Å²) in [4.78, 5) is 13.2. The van der Waals surface area contributed by atoms with Gasteiger partial charge in [0, 0.05) is 23.5 Å². The lowest BCUT2D eigenvalue weighted by Crippen LogP contribution is -2.39. The van der Waals surface area contributed by atoms with E-state index in [0.29, 0.717) is 31.6 Å². The van der Waals surface area contributed by atoms with Crippen LogP contribution in [-0.2, 0) is 0 Å². The molecule has 1 amide bonds. The highest BCUT2D eigenvalue weighted by atomic mass is 79.9. The summed E-state index contributed by atoms with van der Waals surface area (Å²) in [5.74, 6) is 0.106. The summed E-state index contributed by atoms with van der Waals surface area (Å²) < 4.78 is 0.964. The fourth-order valence-corrected chi connectivity index (χ4v) is 4.01. The van der Waals surface area contributed by atoms with Crippen molar-refractivity contribution in [2.45, 2.75) is 19.8 Å². The first-order chi connectivity index (χ1) is 9.04. The molecule has 19 heavy (non-hydrogen) atoms. The number of amides is 1. The van der Waals surface area contributed by atoms with Crippen molar-refractivity contribution < 1.29 is 15.1 Å². The van der Waals surface area contributed by atoms with Crippen molar-refractivity contribution in [1.29, 1.82) is 0 Å². The van der Waals surface area contributed by atoms with Crippen LogP contribution in [-0.4, -0.2) is 40.1 Å². The van der Waals surface area contributed by atoms with E-state index in [1.807, 2.05) is 12.3 Å². The molecule has 2 rings (SSSR count). The lowest BCUT2D eigenvalue weighted by molar-refractivity contribution is 0.131. The molecule has 0 aliphatic carbocycles. The first-order valence-electron chi connectivity index (χ1n) is 5.98. The van der Waals surface area contributed by atoms with Crippen molar-refractivity contribution in [1.82, 2.24) is 4.90 Å². The van der Waals surface area contributed by atoms with Crippen LogP contribution in [0, 0.1) is 12.8 Å². The molecule has 7 heteroatoms. The molecule has 0 aromatic carbocycles. The maximum Gasteiger partial charge on any atom is 0.407 e. The smallest absolute Gasteiger partial charge is 0.407 e. The predicted octanol–water partition coefficient (Wildman–Crippen LogP) is 3.39. The number of nitrogens with zero attached hydrogens (tertiary/aromatic N) is 2. The van der Waals surface area contributed by atoms with E-state index in [2.05, 4.69) is 21.1 Å². The molecule has 1 fully saturated rings. The van der Waals surface area contributed by atoms with Crippen LogP contribution in [0.2, 0.25) is 0 Å². The Morgan fingerprint density at radius 1 is 1.53 bits per heavy atom. The zero-order chi connectivity index (χ0) is 14.0. The Morgan fingerprint density at radius 3 is 2.58 bits per heavy atom. The van der Waals surface area contributed by atoms with Gasteiger partial charge in [-0.05, 0) is 46.6 Å². The molecule has 1 aromatic rings. The molecule has 2 heterocycles. The van der Waals surface area contributed by atoms with Crippen LogP contribution in [0.3, 0.4) is 0 Å². The van der Waals surface area contributed by atoms with Crippen LogP contribution in [0.4, 0.5) is 4.79 Å². The van der Waals surface area contributed by atoms with Crippen LogP contribution in [0.15, 0.2) is 15.0 Å². The molecule has 1 aliphatic heterocycles. The predicted molar refractivity (Wildman–Crippen MR) is 77.4 cm³/mol. The minimum absolute atomic E-state index is 0.106. The van der Waals surface area contributed by atoms with Crippen LogP contribution < -0.4 is 0 Å². The summed E-state index contributed by atoms with van der Waals surface area (Å²) in [6, 6.07) is 0. The Balaban J connectivity index is 2.13. The van der Waals surface area contributed by atoms with E-state index >= 15 is 0 Å². The van der Waals surface area contributed by atoms with Gasteiger partial charge in [-0.25, -0.2) is 4.79 Å². The van der Waals surface area contributed by atoms with E-state index in [1.54, 1.807) is 11.3 Å². The van der Waals surface area contributed by atoms with Crippen LogP contribution >= 0.6 is 27.3 Å². The highest BCUT2D eigenvalue weighted by Crippen LogP contribution is 2.33. The van der Waals surface area contributed by atoms with Gasteiger partial charge >= 0.3 is 6.09 Å². The molecule has 5 nitrogen and oxygen atoms in total. The quantitative estimate of drug-likeness (QED) is 0.489. The van der Waals surface area contributed by atoms with E-state index in [-0.39, 0.29) is 5.92 Å². The minimum Gasteiger partial charge on any atom is -0.465 e. The van der Waals surface area contributed by atoms with Gasteiger partial charge in [0.15, 0.2) is 0 Å². The van der Waals surface area contributed by atoms with E-state index in [4.69, 9.17) is 5.11 Å². The molecule has 2 N–H and O–H groups in total. The van der Waals surface area contributed by atoms with Crippen molar-refractivity contribution in [3.8, 4) is 0 Å². The highest BCUT2D eigenvalue weighted by Gasteiger charge is 2.28. The molecular weight excluding hydrogens is 332 g/mol. The first kappa shape index (κ1) is 14.3. The van der Waals surface area contributed by atoms with Gasteiger partial charge in [0.25, 0.3) is 0 Å². The normalized spacial score (nSPS) is 17.8. The first-order valence-corrected chi connectivity index (χ1v) is 7.65. The lowest BCUT2D eigenvalue weighted by Gasteiger charge is -2.30. The van der Waals surface area contributed by atoms with Crippen LogP contribution in [0.1, 0.15) is 23.3 Å². The second-order valence-corrected chi connectivity index (χ2v) is 6.26. The molecule has 0 radical (unpaired) electrons. The molecule has 0 unspecified atom stereocenters. The number of carboxylic acid groups (broad SMARTS) is 1. The highest BCUT2D eigenvalue weighted by molar-refractivity contribution is 9.10. The van der Waals surface area contributed by atoms with Crippen molar-refractivity contribution >= 4 is 39.1 Å². The molecule has 0 bridgehead atoms. The molecule has 1 aromatic heterocycles. The minimum atomic E-state index is -0.880. The van der Waals surface area contributed by atoms with Gasteiger partial charge in [-0.1, -0.05) is 5.16 Å². The SMILES string of the molecule is Cc1csc(/C(=N/O)C2CCN(C(=O)O)CC2)c1Br. The largest absolute Gasteiger partial charge is 0.465 e. The Bertz CT molecular complexity index is 507. The van der Waals surface area contributed by atoms with Crippen LogP contribution in [0.25, 0.3) is 0 Å². The summed E-state index contributed by atoms with van der Waals surface area (Å²) in [6.07, 6.45) is 0.499. The molecule has 1 aliphatic rings. The number of hydrogen-bond donors (Lipinski definition) is 2. The Morgan fingerprint density at radius 2 is 2.16 bits per heavy atom. The maximum atomic E-state index is 10.9. The van der Waals surface area contributed by atoms with Gasteiger partial charge in [0.2, 0.25) is 0 Å². The maximum absolute atomic E-state index is 10.9. The zero-order valence-corrected chi connectivity index (χ0v) is 12.9. The van der Waals surface area contributed by atoms with Crippen molar-refractivity contribution in [3.05, 3.63) is 20.3 Å². The topological polar surface area (TPSA) is 73.1 Å². The third-order valence-corrected chi connectivity index (χ3v) is 5.80. The molecular formula is C12H15BrN2O3S. The number of oxime groups is 1. The zero-order valence-electron chi connectivity index (χ0n) is 10.5. The van der Waals surface area contributed by atoms with Crippen molar-refractivity contribution in [2.24, 2.45) is 11.1 Å². The third kappa shape index (κ3) is 2.92. The summed E-state index contributed by atoms with van der Waals surface area (Å²) in [7, 11) is 0.